The number of aromatic nitrogens is 4. The molecule has 0 aliphatic heterocycles. The van der Waals surface area contributed by atoms with E-state index in [9.17, 15) is 4.79 Å². The van der Waals surface area contributed by atoms with Gasteiger partial charge in [-0.3, -0.25) is 4.79 Å². The van der Waals surface area contributed by atoms with Gasteiger partial charge in [-0.25, -0.2) is 4.68 Å². The number of carbonyl (C=O) groups is 1. The molecule has 1 N–H and O–H groups in total. The maximum absolute atomic E-state index is 10.3. The number of rotatable bonds is 7. The van der Waals surface area contributed by atoms with Gasteiger partial charge in [0, 0.05) is 19.0 Å². The molecule has 6 heteroatoms. The topological polar surface area (TPSA) is 80.9 Å². The van der Waals surface area contributed by atoms with Crippen molar-refractivity contribution in [2.75, 3.05) is 0 Å². The van der Waals surface area contributed by atoms with Crippen LogP contribution in [0, 0.1) is 0 Å². The molecule has 92 valence electrons. The average molecular weight is 236 g/mol. The number of hydrogen-bond donors (Lipinski definition) is 1. The SMILES string of the molecule is C=C(C=CCCCCC(=O)O)c1nnnn1C. The van der Waals surface area contributed by atoms with Crippen molar-refractivity contribution >= 4 is 11.5 Å². The van der Waals surface area contributed by atoms with Gasteiger partial charge in [-0.05, 0) is 29.7 Å². The minimum Gasteiger partial charge on any atom is -0.481 e. The summed E-state index contributed by atoms with van der Waals surface area (Å²) in [6.07, 6.45) is 6.41. The number of tetrazole rings is 1. The molecule has 6 nitrogen and oxygen atoms in total. The highest BCUT2D eigenvalue weighted by molar-refractivity contribution is 5.67. The summed E-state index contributed by atoms with van der Waals surface area (Å²) >= 11 is 0. The molecule has 0 unspecified atom stereocenters. The molecular formula is C11H16N4O2. The zero-order chi connectivity index (χ0) is 12.7. The second kappa shape index (κ2) is 6.57. The molecule has 1 aromatic rings. The monoisotopic (exact) mass is 236 g/mol. The van der Waals surface area contributed by atoms with Gasteiger partial charge in [0.1, 0.15) is 0 Å². The molecule has 0 spiro atoms. The summed E-state index contributed by atoms with van der Waals surface area (Å²) in [6.45, 7) is 3.86. The van der Waals surface area contributed by atoms with E-state index in [1.54, 1.807) is 11.7 Å². The highest BCUT2D eigenvalue weighted by atomic mass is 16.4. The third-order valence-electron chi connectivity index (χ3n) is 2.24. The zero-order valence-corrected chi connectivity index (χ0v) is 9.83. The highest BCUT2D eigenvalue weighted by Gasteiger charge is 2.02. The summed E-state index contributed by atoms with van der Waals surface area (Å²) in [5.74, 6) is -0.115. The molecule has 0 amide bonds. The molecule has 0 atom stereocenters. The molecule has 0 bridgehead atoms. The Morgan fingerprint density at radius 2 is 2.29 bits per heavy atom. The van der Waals surface area contributed by atoms with Gasteiger partial charge in [0.05, 0.1) is 0 Å². The van der Waals surface area contributed by atoms with E-state index in [1.165, 1.54) is 0 Å². The van der Waals surface area contributed by atoms with Crippen LogP contribution in [0.2, 0.25) is 0 Å². The van der Waals surface area contributed by atoms with Crippen molar-refractivity contribution in [2.45, 2.75) is 25.7 Å². The molecule has 1 rings (SSSR count). The molecule has 0 saturated heterocycles. The van der Waals surface area contributed by atoms with Crippen molar-refractivity contribution in [3.63, 3.8) is 0 Å². The molecular weight excluding hydrogens is 220 g/mol. The number of nitrogens with zero attached hydrogens (tertiary/aromatic N) is 4. The second-order valence-electron chi connectivity index (χ2n) is 3.69. The Labute approximate surface area is 99.6 Å². The van der Waals surface area contributed by atoms with E-state index in [0.29, 0.717) is 12.2 Å². The molecule has 0 saturated carbocycles. The van der Waals surface area contributed by atoms with E-state index in [4.69, 9.17) is 5.11 Å². The number of hydrogen-bond acceptors (Lipinski definition) is 4. The Morgan fingerprint density at radius 1 is 1.53 bits per heavy atom. The van der Waals surface area contributed by atoms with E-state index in [1.807, 2.05) is 12.2 Å². The third-order valence-corrected chi connectivity index (χ3v) is 2.24. The highest BCUT2D eigenvalue weighted by Crippen LogP contribution is 2.09. The lowest BCUT2D eigenvalue weighted by Crippen LogP contribution is -1.96. The smallest absolute Gasteiger partial charge is 0.303 e. The van der Waals surface area contributed by atoms with Crippen LogP contribution in [0.5, 0.6) is 0 Å². The number of allylic oxidation sites excluding steroid dienone is 3. The summed E-state index contributed by atoms with van der Waals surface area (Å²) in [4.78, 5) is 10.3. The Morgan fingerprint density at radius 3 is 2.88 bits per heavy atom. The van der Waals surface area contributed by atoms with Crippen molar-refractivity contribution in [3.8, 4) is 0 Å². The molecule has 0 fully saturated rings. The lowest BCUT2D eigenvalue weighted by molar-refractivity contribution is -0.137. The van der Waals surface area contributed by atoms with E-state index in [-0.39, 0.29) is 6.42 Å². The first-order valence-electron chi connectivity index (χ1n) is 5.41. The maximum Gasteiger partial charge on any atom is 0.303 e. The van der Waals surface area contributed by atoms with Crippen LogP contribution in [0.25, 0.3) is 5.57 Å². The first-order chi connectivity index (χ1) is 8.11. The number of aryl methyl sites for hydroxylation is 1. The lowest BCUT2D eigenvalue weighted by atomic mass is 10.1. The Kier molecular flexibility index (Phi) is 5.06. The van der Waals surface area contributed by atoms with Crippen LogP contribution in [0.4, 0.5) is 0 Å². The van der Waals surface area contributed by atoms with Crippen molar-refractivity contribution in [3.05, 3.63) is 24.6 Å². The normalized spacial score (nSPS) is 10.9. The van der Waals surface area contributed by atoms with E-state index in [2.05, 4.69) is 22.1 Å². The van der Waals surface area contributed by atoms with Gasteiger partial charge in [0.25, 0.3) is 0 Å². The fraction of sp³-hybridized carbons (Fsp3) is 0.455. The first kappa shape index (κ1) is 13.1. The van der Waals surface area contributed by atoms with Crippen LogP contribution in [0.15, 0.2) is 18.7 Å². The van der Waals surface area contributed by atoms with Gasteiger partial charge >= 0.3 is 5.97 Å². The van der Waals surface area contributed by atoms with E-state index in [0.717, 1.165) is 18.4 Å². The molecule has 1 aromatic heterocycles. The Balaban J connectivity index is 2.28. The first-order valence-corrected chi connectivity index (χ1v) is 5.41. The minimum atomic E-state index is -0.747. The van der Waals surface area contributed by atoms with Crippen molar-refractivity contribution in [2.24, 2.45) is 7.05 Å². The van der Waals surface area contributed by atoms with Gasteiger partial charge in [-0.15, -0.1) is 5.10 Å². The fourth-order valence-corrected chi connectivity index (χ4v) is 1.34. The minimum absolute atomic E-state index is 0.224. The van der Waals surface area contributed by atoms with Gasteiger partial charge < -0.3 is 5.11 Å². The van der Waals surface area contributed by atoms with Crippen LogP contribution in [0.3, 0.4) is 0 Å². The van der Waals surface area contributed by atoms with Crippen molar-refractivity contribution < 1.29 is 9.90 Å². The average Bonchev–Trinajstić information content (AvgIpc) is 2.69. The van der Waals surface area contributed by atoms with Gasteiger partial charge in [0.15, 0.2) is 5.82 Å². The summed E-state index contributed by atoms with van der Waals surface area (Å²) in [6, 6.07) is 0. The van der Waals surface area contributed by atoms with Crippen LogP contribution in [-0.2, 0) is 11.8 Å². The van der Waals surface area contributed by atoms with Gasteiger partial charge in [-0.1, -0.05) is 18.7 Å². The van der Waals surface area contributed by atoms with E-state index >= 15 is 0 Å². The summed E-state index contributed by atoms with van der Waals surface area (Å²) in [7, 11) is 1.75. The largest absolute Gasteiger partial charge is 0.481 e. The standard InChI is InChI=1S/C11H16N4O2/c1-9(11-12-13-14-15(11)2)7-5-3-4-6-8-10(16)17/h5,7H,1,3-4,6,8H2,2H3,(H,16,17). The van der Waals surface area contributed by atoms with Crippen molar-refractivity contribution in [1.82, 2.24) is 20.2 Å². The maximum atomic E-state index is 10.3. The number of carboxylic acid groups (broad SMARTS) is 1. The van der Waals surface area contributed by atoms with Crippen molar-refractivity contribution in [1.29, 1.82) is 0 Å². The fourth-order valence-electron chi connectivity index (χ4n) is 1.34. The molecule has 0 aliphatic carbocycles. The number of unbranched alkanes of at least 4 members (excludes halogenated alkanes) is 2. The van der Waals surface area contributed by atoms with Crippen LogP contribution in [-0.4, -0.2) is 31.3 Å². The van der Waals surface area contributed by atoms with Crippen LogP contribution in [0.1, 0.15) is 31.5 Å². The lowest BCUT2D eigenvalue weighted by Gasteiger charge is -1.97. The number of carboxylic acids is 1. The molecule has 1 heterocycles. The van der Waals surface area contributed by atoms with Gasteiger partial charge in [0.2, 0.25) is 0 Å². The Bertz CT molecular complexity index is 423. The zero-order valence-electron chi connectivity index (χ0n) is 9.83. The van der Waals surface area contributed by atoms with Crippen LogP contribution < -0.4 is 0 Å². The predicted molar refractivity (Wildman–Crippen MR) is 63.1 cm³/mol. The second-order valence-corrected chi connectivity index (χ2v) is 3.69. The summed E-state index contributed by atoms with van der Waals surface area (Å²) < 4.78 is 1.55. The Hall–Kier alpha value is -1.98. The van der Waals surface area contributed by atoms with Crippen LogP contribution >= 0.6 is 0 Å². The number of aliphatic carboxylic acids is 1. The third kappa shape index (κ3) is 4.58. The summed E-state index contributed by atoms with van der Waals surface area (Å²) in [5.41, 5.74) is 0.746. The molecule has 0 radical (unpaired) electrons. The predicted octanol–water partition coefficient (Wildman–Crippen LogP) is 1.42. The quantitative estimate of drug-likeness (QED) is 0.572. The van der Waals surface area contributed by atoms with Gasteiger partial charge in [-0.2, -0.15) is 0 Å². The van der Waals surface area contributed by atoms with E-state index < -0.39 is 5.97 Å². The molecule has 0 aliphatic rings. The molecule has 17 heavy (non-hydrogen) atoms. The summed E-state index contributed by atoms with van der Waals surface area (Å²) in [5, 5.41) is 19.5. The molecule has 0 aromatic carbocycles.